The van der Waals surface area contributed by atoms with Crippen molar-refractivity contribution >= 4 is 51.1 Å². The lowest BCUT2D eigenvalue weighted by molar-refractivity contribution is -0.118. The maximum Gasteiger partial charge on any atom is 0.250 e. The van der Waals surface area contributed by atoms with Crippen LogP contribution >= 0.6 is 23.1 Å². The van der Waals surface area contributed by atoms with Crippen LogP contribution in [0.5, 0.6) is 0 Å². The Bertz CT molecular complexity index is 854. The molecule has 7 heteroatoms. The van der Waals surface area contributed by atoms with Crippen molar-refractivity contribution in [2.24, 2.45) is 5.10 Å². The van der Waals surface area contributed by atoms with Gasteiger partial charge in [-0.2, -0.15) is 5.10 Å². The highest BCUT2D eigenvalue weighted by atomic mass is 32.2. The fourth-order valence-corrected chi connectivity index (χ4v) is 3.97. The van der Waals surface area contributed by atoms with E-state index in [0.717, 1.165) is 25.8 Å². The van der Waals surface area contributed by atoms with Gasteiger partial charge >= 0.3 is 0 Å². The maximum atomic E-state index is 11.9. The summed E-state index contributed by atoms with van der Waals surface area (Å²) >= 11 is 3.01. The van der Waals surface area contributed by atoms with E-state index in [1.807, 2.05) is 67.5 Å². The minimum Gasteiger partial charge on any atom is -0.378 e. The number of aromatic nitrogens is 1. The van der Waals surface area contributed by atoms with E-state index in [4.69, 9.17) is 0 Å². The monoisotopic (exact) mass is 370 g/mol. The third-order valence-corrected chi connectivity index (χ3v) is 5.59. The second kappa shape index (κ2) is 8.13. The molecule has 1 N–H and O–H groups in total. The number of thiazole rings is 1. The number of thioether (sulfide) groups is 1. The highest BCUT2D eigenvalue weighted by Gasteiger charge is 2.06. The largest absolute Gasteiger partial charge is 0.378 e. The van der Waals surface area contributed by atoms with Crippen LogP contribution in [0.3, 0.4) is 0 Å². The molecule has 0 spiro atoms. The number of fused-ring (bicyclic) bond motifs is 1. The van der Waals surface area contributed by atoms with Crippen LogP contribution in [-0.2, 0) is 4.79 Å². The standard InChI is InChI=1S/C18H18N4OS2/c1-22(2)14-9-7-13(8-10-14)11-19-21-17(23)12-24-18-20-15-5-3-4-6-16(15)25-18/h3-11H,12H2,1-2H3,(H,21,23). The van der Waals surface area contributed by atoms with Crippen molar-refractivity contribution in [2.45, 2.75) is 4.34 Å². The number of hydrazone groups is 1. The van der Waals surface area contributed by atoms with Crippen molar-refractivity contribution in [1.29, 1.82) is 0 Å². The summed E-state index contributed by atoms with van der Waals surface area (Å²) in [6.45, 7) is 0. The molecule has 0 aliphatic rings. The van der Waals surface area contributed by atoms with E-state index in [1.54, 1.807) is 17.6 Å². The zero-order chi connectivity index (χ0) is 17.6. The number of rotatable bonds is 6. The Morgan fingerprint density at radius 1 is 1.24 bits per heavy atom. The molecule has 0 aliphatic carbocycles. The van der Waals surface area contributed by atoms with Gasteiger partial charge in [-0.1, -0.05) is 36.0 Å². The van der Waals surface area contributed by atoms with Gasteiger partial charge in [0.25, 0.3) is 5.91 Å². The number of hydrogen-bond acceptors (Lipinski definition) is 6. The average Bonchev–Trinajstić information content (AvgIpc) is 3.03. The summed E-state index contributed by atoms with van der Waals surface area (Å²) in [7, 11) is 3.98. The van der Waals surface area contributed by atoms with Gasteiger partial charge in [0.2, 0.25) is 0 Å². The molecule has 5 nitrogen and oxygen atoms in total. The van der Waals surface area contributed by atoms with Crippen LogP contribution in [0, 0.1) is 0 Å². The topological polar surface area (TPSA) is 57.6 Å². The van der Waals surface area contributed by atoms with E-state index in [-0.39, 0.29) is 11.7 Å². The van der Waals surface area contributed by atoms with E-state index in [2.05, 4.69) is 15.5 Å². The molecule has 0 aliphatic heterocycles. The number of hydrogen-bond donors (Lipinski definition) is 1. The molecule has 3 rings (SSSR count). The number of nitrogens with zero attached hydrogens (tertiary/aromatic N) is 3. The van der Waals surface area contributed by atoms with Gasteiger partial charge in [-0.05, 0) is 29.8 Å². The summed E-state index contributed by atoms with van der Waals surface area (Å²) in [6.07, 6.45) is 1.64. The third kappa shape index (κ3) is 4.80. The molecule has 0 saturated carbocycles. The predicted molar refractivity (Wildman–Crippen MR) is 107 cm³/mol. The Hall–Kier alpha value is -2.38. The quantitative estimate of drug-likeness (QED) is 0.409. The average molecular weight is 371 g/mol. The lowest BCUT2D eigenvalue weighted by Crippen LogP contribution is -2.19. The molecule has 0 saturated heterocycles. The molecule has 1 heterocycles. The zero-order valence-electron chi connectivity index (χ0n) is 14.0. The van der Waals surface area contributed by atoms with Gasteiger partial charge in [0.1, 0.15) is 0 Å². The van der Waals surface area contributed by atoms with Crippen molar-refractivity contribution in [3.8, 4) is 0 Å². The Kier molecular flexibility index (Phi) is 5.67. The smallest absolute Gasteiger partial charge is 0.250 e. The molecule has 0 fully saturated rings. The van der Waals surface area contributed by atoms with Gasteiger partial charge in [0, 0.05) is 19.8 Å². The van der Waals surface area contributed by atoms with E-state index < -0.39 is 0 Å². The molecule has 3 aromatic rings. The lowest BCUT2D eigenvalue weighted by Gasteiger charge is -2.11. The van der Waals surface area contributed by atoms with Crippen LogP contribution in [-0.4, -0.2) is 37.0 Å². The molecule has 25 heavy (non-hydrogen) atoms. The molecule has 1 aromatic heterocycles. The number of nitrogens with one attached hydrogen (secondary N) is 1. The molecular weight excluding hydrogens is 352 g/mol. The Balaban J connectivity index is 1.48. The summed E-state index contributed by atoms with van der Waals surface area (Å²) in [6, 6.07) is 15.9. The first kappa shape index (κ1) is 17.4. The van der Waals surface area contributed by atoms with Gasteiger partial charge in [0.15, 0.2) is 4.34 Å². The number of carbonyl (C=O) groups excluding carboxylic acids is 1. The fraction of sp³-hybridized carbons (Fsp3) is 0.167. The molecule has 2 aromatic carbocycles. The second-order valence-corrected chi connectivity index (χ2v) is 7.77. The van der Waals surface area contributed by atoms with Crippen LogP contribution in [0.15, 0.2) is 58.0 Å². The Morgan fingerprint density at radius 3 is 2.72 bits per heavy atom. The molecule has 0 unspecified atom stereocenters. The first-order chi connectivity index (χ1) is 12.1. The summed E-state index contributed by atoms with van der Waals surface area (Å²) in [5.41, 5.74) is 5.57. The van der Waals surface area contributed by atoms with E-state index in [9.17, 15) is 4.79 Å². The number of carbonyl (C=O) groups is 1. The molecule has 128 valence electrons. The van der Waals surface area contributed by atoms with Crippen LogP contribution in [0.4, 0.5) is 5.69 Å². The van der Waals surface area contributed by atoms with Crippen molar-refractivity contribution in [3.05, 3.63) is 54.1 Å². The van der Waals surface area contributed by atoms with E-state index in [1.165, 1.54) is 11.8 Å². The predicted octanol–water partition coefficient (Wildman–Crippen LogP) is 3.60. The molecular formula is C18H18N4OS2. The van der Waals surface area contributed by atoms with Gasteiger partial charge < -0.3 is 4.90 Å². The zero-order valence-corrected chi connectivity index (χ0v) is 15.6. The number of amides is 1. The highest BCUT2D eigenvalue weighted by molar-refractivity contribution is 8.01. The summed E-state index contributed by atoms with van der Waals surface area (Å²) in [4.78, 5) is 18.4. The molecule has 1 amide bonds. The second-order valence-electron chi connectivity index (χ2n) is 5.52. The number of benzene rings is 2. The van der Waals surface area contributed by atoms with Crippen molar-refractivity contribution in [2.75, 3.05) is 24.7 Å². The SMILES string of the molecule is CN(C)c1ccc(C=NNC(=O)CSc2nc3ccccc3s2)cc1. The first-order valence-corrected chi connectivity index (χ1v) is 9.50. The molecule has 0 radical (unpaired) electrons. The Labute approximate surface area is 154 Å². The number of anilines is 1. The summed E-state index contributed by atoms with van der Waals surface area (Å²) in [5.74, 6) is 0.141. The van der Waals surface area contributed by atoms with Crippen LogP contribution in [0.1, 0.15) is 5.56 Å². The first-order valence-electron chi connectivity index (χ1n) is 7.69. The maximum absolute atomic E-state index is 11.9. The van der Waals surface area contributed by atoms with Crippen molar-refractivity contribution in [1.82, 2.24) is 10.4 Å². The van der Waals surface area contributed by atoms with Crippen molar-refractivity contribution in [3.63, 3.8) is 0 Å². The van der Waals surface area contributed by atoms with Crippen LogP contribution < -0.4 is 10.3 Å². The lowest BCUT2D eigenvalue weighted by atomic mass is 10.2. The van der Waals surface area contributed by atoms with Gasteiger partial charge in [-0.3, -0.25) is 4.79 Å². The minimum atomic E-state index is -0.148. The van der Waals surface area contributed by atoms with Crippen LogP contribution in [0.2, 0.25) is 0 Å². The summed E-state index contributed by atoms with van der Waals surface area (Å²) in [5, 5.41) is 4.00. The Morgan fingerprint density at radius 2 is 2.00 bits per heavy atom. The van der Waals surface area contributed by atoms with Gasteiger partial charge in [-0.15, -0.1) is 11.3 Å². The van der Waals surface area contributed by atoms with E-state index >= 15 is 0 Å². The van der Waals surface area contributed by atoms with E-state index in [0.29, 0.717) is 0 Å². The number of para-hydroxylation sites is 1. The third-order valence-electron chi connectivity index (χ3n) is 3.41. The highest BCUT2D eigenvalue weighted by Crippen LogP contribution is 2.28. The normalized spacial score (nSPS) is 11.1. The summed E-state index contributed by atoms with van der Waals surface area (Å²) < 4.78 is 2.02. The fourth-order valence-electron chi connectivity index (χ4n) is 2.11. The minimum absolute atomic E-state index is 0.148. The molecule has 0 bridgehead atoms. The molecule has 0 atom stereocenters. The van der Waals surface area contributed by atoms with Crippen LogP contribution in [0.25, 0.3) is 10.2 Å². The van der Waals surface area contributed by atoms with Gasteiger partial charge in [0.05, 0.1) is 22.2 Å². The van der Waals surface area contributed by atoms with Gasteiger partial charge in [-0.25, -0.2) is 10.4 Å². The van der Waals surface area contributed by atoms with Crippen molar-refractivity contribution < 1.29 is 4.79 Å².